The first-order valence-electron chi connectivity index (χ1n) is 10.7. The number of fused-ring (bicyclic) bond motifs is 2. The van der Waals surface area contributed by atoms with Gasteiger partial charge in [0.05, 0.1) is 28.9 Å². The second kappa shape index (κ2) is 7.98. The third kappa shape index (κ3) is 3.55. The summed E-state index contributed by atoms with van der Waals surface area (Å²) in [4.78, 5) is 26.3. The first-order chi connectivity index (χ1) is 16.9. The number of aromatic nitrogens is 6. The van der Waals surface area contributed by atoms with Crippen molar-refractivity contribution in [2.75, 3.05) is 17.3 Å². The molecular weight excluding hydrogens is 478 g/mol. The van der Waals surface area contributed by atoms with Gasteiger partial charge >= 0.3 is 0 Å². The summed E-state index contributed by atoms with van der Waals surface area (Å²) in [5.74, 6) is -1.07. The monoisotopic (exact) mass is 494 g/mol. The van der Waals surface area contributed by atoms with Gasteiger partial charge in [0.2, 0.25) is 11.9 Å². The van der Waals surface area contributed by atoms with Crippen LogP contribution in [0.5, 0.6) is 0 Å². The van der Waals surface area contributed by atoms with Gasteiger partial charge in [-0.1, -0.05) is 11.6 Å². The number of alkyl halides is 1. The highest BCUT2D eigenvalue weighted by atomic mass is 35.5. The Labute approximate surface area is 201 Å². The zero-order valence-electron chi connectivity index (χ0n) is 18.2. The van der Waals surface area contributed by atoms with Crippen molar-refractivity contribution < 1.29 is 13.6 Å². The van der Waals surface area contributed by atoms with Gasteiger partial charge in [-0.15, -0.1) is 0 Å². The molecule has 1 aromatic carbocycles. The van der Waals surface area contributed by atoms with Crippen LogP contribution in [0.15, 0.2) is 49.2 Å². The van der Waals surface area contributed by atoms with Gasteiger partial charge in [-0.25, -0.2) is 23.7 Å². The molecule has 0 radical (unpaired) electrons. The highest BCUT2D eigenvalue weighted by molar-refractivity contribution is 6.36. The third-order valence-electron chi connectivity index (χ3n) is 5.99. The molecule has 5 aromatic rings. The zero-order valence-corrected chi connectivity index (χ0v) is 19.0. The number of carbonyl (C=O) groups is 1. The van der Waals surface area contributed by atoms with E-state index in [-0.39, 0.29) is 17.1 Å². The number of aromatic amines is 1. The van der Waals surface area contributed by atoms with Crippen molar-refractivity contribution in [2.24, 2.45) is 5.92 Å². The number of imidazole rings is 1. The number of nitrogens with one attached hydrogen (secondary N) is 2. The van der Waals surface area contributed by atoms with Crippen molar-refractivity contribution in [3.63, 3.8) is 0 Å². The number of pyridine rings is 1. The second-order valence-electron chi connectivity index (χ2n) is 8.27. The Morgan fingerprint density at radius 1 is 1.29 bits per heavy atom. The number of nitrogens with zero attached hydrogens (tertiary/aromatic N) is 6. The van der Waals surface area contributed by atoms with Crippen molar-refractivity contribution in [1.82, 2.24) is 29.5 Å². The van der Waals surface area contributed by atoms with E-state index in [4.69, 9.17) is 11.6 Å². The van der Waals surface area contributed by atoms with Crippen LogP contribution in [0.1, 0.15) is 6.42 Å². The molecule has 9 nitrogen and oxygen atoms in total. The van der Waals surface area contributed by atoms with Crippen molar-refractivity contribution in [3.8, 4) is 11.1 Å². The Hall–Kier alpha value is -4.12. The fourth-order valence-electron chi connectivity index (χ4n) is 4.11. The van der Waals surface area contributed by atoms with Crippen LogP contribution in [-0.2, 0) is 4.79 Å². The minimum absolute atomic E-state index is 0.0904. The molecule has 35 heavy (non-hydrogen) atoms. The molecule has 1 amide bonds. The lowest BCUT2D eigenvalue weighted by Crippen LogP contribution is -2.15. The van der Waals surface area contributed by atoms with Crippen LogP contribution < -0.4 is 10.2 Å². The standard InChI is InChI=1S/C23H17ClF2N8O/c1-33(23-27-5-2-6-28-23)21-19(26)18(24)17(13-8-29-32-20(13)21)11-3-4-16-30-15(10-34(16)9-11)31-22(35)12-7-14(12)25/h2-6,8-10,12,14H,7H2,1H3,(H,29,32)(H,31,35). The predicted octanol–water partition coefficient (Wildman–Crippen LogP) is 4.52. The minimum Gasteiger partial charge on any atom is -0.309 e. The Morgan fingerprint density at radius 3 is 2.80 bits per heavy atom. The largest absolute Gasteiger partial charge is 0.309 e. The summed E-state index contributed by atoms with van der Waals surface area (Å²) in [7, 11) is 1.64. The SMILES string of the molecule is CN(c1ncccn1)c1c(F)c(Cl)c(-c2ccc3nc(NC(=O)C4CC4F)cn3c2)c2cn[nH]c12. The predicted molar refractivity (Wildman–Crippen MR) is 127 cm³/mol. The maximum Gasteiger partial charge on any atom is 0.231 e. The first kappa shape index (κ1) is 21.4. The molecular formula is C23H17ClF2N8O. The summed E-state index contributed by atoms with van der Waals surface area (Å²) >= 11 is 6.58. The summed E-state index contributed by atoms with van der Waals surface area (Å²) in [6.45, 7) is 0. The van der Waals surface area contributed by atoms with E-state index >= 15 is 4.39 Å². The lowest BCUT2D eigenvalue weighted by Gasteiger charge is -2.20. The fourth-order valence-corrected chi connectivity index (χ4v) is 4.41. The molecule has 0 aliphatic heterocycles. The van der Waals surface area contributed by atoms with Crippen molar-refractivity contribution in [3.05, 3.63) is 60.0 Å². The van der Waals surface area contributed by atoms with E-state index in [1.54, 1.807) is 60.6 Å². The lowest BCUT2D eigenvalue weighted by molar-refractivity contribution is -0.117. The van der Waals surface area contributed by atoms with E-state index in [0.717, 1.165) is 0 Å². The summed E-state index contributed by atoms with van der Waals surface area (Å²) in [5, 5.41) is 10.1. The summed E-state index contributed by atoms with van der Waals surface area (Å²) < 4.78 is 30.5. The van der Waals surface area contributed by atoms with Gasteiger partial charge in [0, 0.05) is 42.2 Å². The van der Waals surface area contributed by atoms with Gasteiger partial charge < -0.3 is 14.6 Å². The number of hydrogen-bond donors (Lipinski definition) is 2. The van der Waals surface area contributed by atoms with E-state index < -0.39 is 23.8 Å². The maximum absolute atomic E-state index is 15.7. The topological polar surface area (TPSA) is 104 Å². The van der Waals surface area contributed by atoms with Gasteiger partial charge in [-0.3, -0.25) is 9.89 Å². The van der Waals surface area contributed by atoms with Gasteiger partial charge in [-0.05, 0) is 24.6 Å². The van der Waals surface area contributed by atoms with Crippen LogP contribution in [0.3, 0.4) is 0 Å². The highest BCUT2D eigenvalue weighted by Gasteiger charge is 2.43. The average Bonchev–Trinajstić information content (AvgIpc) is 3.22. The molecule has 12 heteroatoms. The van der Waals surface area contributed by atoms with Crippen molar-refractivity contribution in [2.45, 2.75) is 12.6 Å². The molecule has 6 rings (SSSR count). The molecule has 2 atom stereocenters. The van der Waals surface area contributed by atoms with Crippen LogP contribution in [0, 0.1) is 11.7 Å². The normalized spacial score (nSPS) is 17.1. The van der Waals surface area contributed by atoms with Gasteiger partial charge in [0.15, 0.2) is 11.6 Å². The van der Waals surface area contributed by atoms with Crippen molar-refractivity contribution >= 4 is 51.5 Å². The number of H-pyrrole nitrogens is 1. The number of halogens is 3. The number of amides is 1. The number of benzene rings is 1. The molecule has 1 aliphatic rings. The van der Waals surface area contributed by atoms with Crippen LogP contribution in [0.2, 0.25) is 5.02 Å². The molecule has 4 heterocycles. The van der Waals surface area contributed by atoms with Crippen LogP contribution in [0.25, 0.3) is 27.7 Å². The lowest BCUT2D eigenvalue weighted by atomic mass is 10.0. The molecule has 0 saturated heterocycles. The Bertz CT molecular complexity index is 1600. The van der Waals surface area contributed by atoms with E-state index in [1.807, 2.05) is 0 Å². The Kier molecular flexibility index (Phi) is 4.88. The summed E-state index contributed by atoms with van der Waals surface area (Å²) in [6, 6.07) is 5.14. The van der Waals surface area contributed by atoms with Crippen LogP contribution >= 0.6 is 11.6 Å². The molecule has 176 valence electrons. The second-order valence-corrected chi connectivity index (χ2v) is 8.65. The average molecular weight is 495 g/mol. The van der Waals surface area contributed by atoms with Gasteiger partial charge in [0.1, 0.15) is 17.5 Å². The minimum atomic E-state index is -1.09. The molecule has 2 N–H and O–H groups in total. The molecule has 4 aromatic heterocycles. The summed E-state index contributed by atoms with van der Waals surface area (Å²) in [5.41, 5.74) is 2.20. The van der Waals surface area contributed by atoms with E-state index in [2.05, 4.69) is 30.5 Å². The molecule has 2 unspecified atom stereocenters. The van der Waals surface area contributed by atoms with E-state index in [1.165, 1.54) is 4.90 Å². The highest BCUT2D eigenvalue weighted by Crippen LogP contribution is 2.43. The quantitative estimate of drug-likeness (QED) is 0.372. The smallest absolute Gasteiger partial charge is 0.231 e. The molecule has 0 bridgehead atoms. The molecule has 1 saturated carbocycles. The van der Waals surface area contributed by atoms with Crippen LogP contribution in [0.4, 0.5) is 26.2 Å². The molecule has 1 fully saturated rings. The Morgan fingerprint density at radius 2 is 2.06 bits per heavy atom. The third-order valence-corrected chi connectivity index (χ3v) is 6.35. The van der Waals surface area contributed by atoms with Gasteiger partial charge in [-0.2, -0.15) is 5.10 Å². The molecule has 1 aliphatic carbocycles. The van der Waals surface area contributed by atoms with E-state index in [9.17, 15) is 9.18 Å². The number of rotatable bonds is 5. The first-order valence-corrected chi connectivity index (χ1v) is 11.1. The zero-order chi connectivity index (χ0) is 24.3. The number of hydrogen-bond acceptors (Lipinski definition) is 6. The fraction of sp³-hybridized carbons (Fsp3) is 0.174. The Balaban J connectivity index is 1.43. The number of carbonyl (C=O) groups excluding carboxylic acids is 1. The van der Waals surface area contributed by atoms with Crippen LogP contribution in [-0.4, -0.2) is 48.7 Å². The maximum atomic E-state index is 15.7. The van der Waals surface area contributed by atoms with Gasteiger partial charge in [0.25, 0.3) is 0 Å². The van der Waals surface area contributed by atoms with E-state index in [0.29, 0.717) is 39.4 Å². The number of anilines is 3. The molecule has 0 spiro atoms. The van der Waals surface area contributed by atoms with Crippen molar-refractivity contribution in [1.29, 1.82) is 0 Å². The summed E-state index contributed by atoms with van der Waals surface area (Å²) in [6.07, 6.45) is 7.18.